The third-order valence-electron chi connectivity index (χ3n) is 9.38. The van der Waals surface area contributed by atoms with E-state index in [0.29, 0.717) is 56.9 Å². The van der Waals surface area contributed by atoms with Crippen molar-refractivity contribution in [2.75, 3.05) is 39.6 Å². The van der Waals surface area contributed by atoms with Crippen molar-refractivity contribution in [3.63, 3.8) is 0 Å². The minimum Gasteiger partial charge on any atom is -0.490 e. The molecule has 0 aliphatic carbocycles. The molecule has 0 aromatic heterocycles. The SMILES string of the molecule is C=CC(=O)OCCCCCCCCCCOc1cc(C(=O)O)cc(OCCCCCCCCCCOC(=O)C=C)c1OCCCCCCCCCCOC(=O)C=C. The van der Waals surface area contributed by atoms with Crippen molar-refractivity contribution in [3.05, 3.63) is 55.7 Å². The van der Waals surface area contributed by atoms with E-state index < -0.39 is 5.97 Å². The maximum absolute atomic E-state index is 12.1. The third kappa shape index (κ3) is 28.7. The highest BCUT2D eigenvalue weighted by Gasteiger charge is 2.19. The van der Waals surface area contributed by atoms with Gasteiger partial charge in [0.25, 0.3) is 0 Å². The summed E-state index contributed by atoms with van der Waals surface area (Å²) < 4.78 is 33.7. The van der Waals surface area contributed by atoms with Crippen LogP contribution < -0.4 is 14.2 Å². The van der Waals surface area contributed by atoms with Crippen LogP contribution in [0.1, 0.15) is 164 Å². The lowest BCUT2D eigenvalue weighted by Gasteiger charge is -2.18. The number of carbonyl (C=O) groups excluding carboxylic acids is 3. The highest BCUT2D eigenvalue weighted by Crippen LogP contribution is 2.39. The number of aromatic carboxylic acids is 1. The second-order valence-electron chi connectivity index (χ2n) is 14.3. The second-order valence-corrected chi connectivity index (χ2v) is 14.3. The molecule has 0 atom stereocenters. The number of carbonyl (C=O) groups is 4. The zero-order chi connectivity index (χ0) is 41.6. The average Bonchev–Trinajstić information content (AvgIpc) is 3.21. The van der Waals surface area contributed by atoms with Gasteiger partial charge in [0.15, 0.2) is 11.5 Å². The second kappa shape index (κ2) is 36.1. The van der Waals surface area contributed by atoms with Gasteiger partial charge in [-0.2, -0.15) is 0 Å². The van der Waals surface area contributed by atoms with Crippen molar-refractivity contribution in [1.29, 1.82) is 0 Å². The van der Waals surface area contributed by atoms with Gasteiger partial charge in [-0.3, -0.25) is 0 Å². The molecule has 0 unspecified atom stereocenters. The van der Waals surface area contributed by atoms with Crippen LogP contribution in [0.15, 0.2) is 50.1 Å². The lowest BCUT2D eigenvalue weighted by atomic mass is 10.1. The van der Waals surface area contributed by atoms with Crippen molar-refractivity contribution in [1.82, 2.24) is 0 Å². The Morgan fingerprint density at radius 3 is 0.912 bits per heavy atom. The highest BCUT2D eigenvalue weighted by atomic mass is 16.5. The Morgan fingerprint density at radius 2 is 0.649 bits per heavy atom. The van der Waals surface area contributed by atoms with Crippen LogP contribution in [0.25, 0.3) is 0 Å². The van der Waals surface area contributed by atoms with Crippen molar-refractivity contribution in [2.24, 2.45) is 0 Å². The molecule has 1 rings (SSSR count). The Hall–Kier alpha value is -4.28. The largest absolute Gasteiger partial charge is 0.490 e. The molecule has 0 spiro atoms. The van der Waals surface area contributed by atoms with Gasteiger partial charge in [-0.1, -0.05) is 135 Å². The highest BCUT2D eigenvalue weighted by molar-refractivity contribution is 5.89. The van der Waals surface area contributed by atoms with Crippen LogP contribution in [0.3, 0.4) is 0 Å². The number of rotatable bonds is 40. The van der Waals surface area contributed by atoms with E-state index in [4.69, 9.17) is 28.4 Å². The quantitative estimate of drug-likeness (QED) is 0.0293. The summed E-state index contributed by atoms with van der Waals surface area (Å²) in [6, 6.07) is 3.08. The predicted molar refractivity (Wildman–Crippen MR) is 224 cm³/mol. The van der Waals surface area contributed by atoms with E-state index in [-0.39, 0.29) is 23.5 Å². The number of carboxylic acid groups (broad SMARTS) is 1. The number of ether oxygens (including phenoxy) is 6. The van der Waals surface area contributed by atoms with Gasteiger partial charge in [-0.15, -0.1) is 0 Å². The zero-order valence-corrected chi connectivity index (χ0v) is 34.8. The van der Waals surface area contributed by atoms with Gasteiger partial charge in [-0.25, -0.2) is 19.2 Å². The molecule has 0 radical (unpaired) electrons. The van der Waals surface area contributed by atoms with Crippen molar-refractivity contribution in [2.45, 2.75) is 154 Å². The summed E-state index contributed by atoms with van der Waals surface area (Å²) in [7, 11) is 0. The first-order valence-corrected chi connectivity index (χ1v) is 21.5. The van der Waals surface area contributed by atoms with Crippen molar-refractivity contribution < 1.29 is 52.7 Å². The molecule has 322 valence electrons. The first kappa shape index (κ1) is 50.7. The van der Waals surface area contributed by atoms with Gasteiger partial charge in [-0.05, 0) is 50.7 Å². The topological polar surface area (TPSA) is 144 Å². The molecule has 0 aliphatic heterocycles. The fraction of sp³-hybridized carbons (Fsp3) is 0.652. The molecule has 11 nitrogen and oxygen atoms in total. The lowest BCUT2D eigenvalue weighted by Crippen LogP contribution is -2.08. The van der Waals surface area contributed by atoms with Crippen LogP contribution in [0.5, 0.6) is 17.2 Å². The molecular formula is C46H72O11. The molecule has 1 aromatic carbocycles. The molecule has 0 bridgehead atoms. The Kier molecular flexibility index (Phi) is 32.1. The summed E-state index contributed by atoms with van der Waals surface area (Å²) in [5.41, 5.74) is 0.102. The Bertz CT molecular complexity index is 1210. The maximum Gasteiger partial charge on any atom is 0.335 e. The predicted octanol–water partition coefficient (Wildman–Crippen LogP) is 11.1. The molecular weight excluding hydrogens is 728 g/mol. The number of benzene rings is 1. The fourth-order valence-corrected chi connectivity index (χ4v) is 6.08. The summed E-state index contributed by atoms with van der Waals surface area (Å²) in [6.07, 6.45) is 28.1. The summed E-state index contributed by atoms with van der Waals surface area (Å²) in [4.78, 5) is 45.5. The number of hydrogen-bond acceptors (Lipinski definition) is 10. The van der Waals surface area contributed by atoms with E-state index in [1.807, 2.05) is 0 Å². The first-order chi connectivity index (χ1) is 27.8. The number of carboxylic acids is 1. The minimum absolute atomic E-state index is 0.102. The van der Waals surface area contributed by atoms with E-state index in [2.05, 4.69) is 19.7 Å². The molecule has 0 heterocycles. The fourth-order valence-electron chi connectivity index (χ4n) is 6.08. The monoisotopic (exact) mass is 801 g/mol. The van der Waals surface area contributed by atoms with Crippen LogP contribution in [0, 0.1) is 0 Å². The number of unbranched alkanes of at least 4 members (excludes halogenated alkanes) is 21. The molecule has 0 saturated heterocycles. The summed E-state index contributed by atoms with van der Waals surface area (Å²) in [6.45, 7) is 12.9. The van der Waals surface area contributed by atoms with E-state index in [9.17, 15) is 24.3 Å². The first-order valence-electron chi connectivity index (χ1n) is 21.5. The molecule has 1 N–H and O–H groups in total. The summed E-state index contributed by atoms with van der Waals surface area (Å²) >= 11 is 0. The van der Waals surface area contributed by atoms with Crippen molar-refractivity contribution >= 4 is 23.9 Å². The van der Waals surface area contributed by atoms with E-state index in [1.165, 1.54) is 18.2 Å². The van der Waals surface area contributed by atoms with E-state index >= 15 is 0 Å². The van der Waals surface area contributed by atoms with E-state index in [0.717, 1.165) is 154 Å². The summed E-state index contributed by atoms with van der Waals surface area (Å²) in [5.74, 6) is -0.897. The molecule has 0 saturated carbocycles. The Morgan fingerprint density at radius 1 is 0.404 bits per heavy atom. The van der Waals surface area contributed by atoms with Crippen LogP contribution in [-0.4, -0.2) is 68.6 Å². The van der Waals surface area contributed by atoms with Crippen LogP contribution in [0.4, 0.5) is 0 Å². The molecule has 1 aromatic rings. The minimum atomic E-state index is -1.05. The summed E-state index contributed by atoms with van der Waals surface area (Å²) in [5, 5.41) is 9.90. The van der Waals surface area contributed by atoms with Gasteiger partial charge in [0.1, 0.15) is 0 Å². The van der Waals surface area contributed by atoms with Gasteiger partial charge >= 0.3 is 23.9 Å². The third-order valence-corrected chi connectivity index (χ3v) is 9.38. The van der Waals surface area contributed by atoms with Crippen molar-refractivity contribution in [3.8, 4) is 17.2 Å². The van der Waals surface area contributed by atoms with Gasteiger partial charge < -0.3 is 33.5 Å². The van der Waals surface area contributed by atoms with Crippen LogP contribution >= 0.6 is 0 Å². The average molecular weight is 801 g/mol. The van der Waals surface area contributed by atoms with Gasteiger partial charge in [0, 0.05) is 18.2 Å². The standard InChI is InChI=1S/C46H72O11/c1-4-42(47)54-33-27-21-15-9-7-13-19-25-31-52-40-37-39(46(50)51)38-41(53-32-26-20-14-8-10-16-22-28-34-55-43(48)5-2)45(40)57-36-30-24-18-12-11-17-23-29-35-56-44(49)6-3/h4-6,37-38H,1-3,7-36H2,(H,50,51). The Balaban J connectivity index is 2.57. The maximum atomic E-state index is 12.1. The smallest absolute Gasteiger partial charge is 0.335 e. The van der Waals surface area contributed by atoms with Gasteiger partial charge in [0.2, 0.25) is 5.75 Å². The normalized spacial score (nSPS) is 10.7. The Labute approximate surface area is 342 Å². The lowest BCUT2D eigenvalue weighted by molar-refractivity contribution is -0.138. The zero-order valence-electron chi connectivity index (χ0n) is 34.8. The number of hydrogen-bond donors (Lipinski definition) is 1. The van der Waals surface area contributed by atoms with Crippen LogP contribution in [0.2, 0.25) is 0 Å². The molecule has 11 heteroatoms. The molecule has 0 fully saturated rings. The van der Waals surface area contributed by atoms with E-state index in [1.54, 1.807) is 12.1 Å². The molecule has 0 aliphatic rings. The van der Waals surface area contributed by atoms with Gasteiger partial charge in [0.05, 0.1) is 45.2 Å². The molecule has 0 amide bonds. The number of esters is 3. The molecule has 57 heavy (non-hydrogen) atoms. The van der Waals surface area contributed by atoms with Crippen LogP contribution in [-0.2, 0) is 28.6 Å².